The molecule has 128 valence electrons. The van der Waals surface area contributed by atoms with Crippen LogP contribution in [0.4, 0.5) is 11.4 Å². The van der Waals surface area contributed by atoms with Crippen molar-refractivity contribution in [1.29, 1.82) is 0 Å². The molecule has 0 aliphatic rings. The molecule has 0 bridgehead atoms. The fourth-order valence-corrected chi connectivity index (χ4v) is 2.90. The number of halogens is 1. The number of aryl methyl sites for hydroxylation is 1. The van der Waals surface area contributed by atoms with Crippen molar-refractivity contribution in [2.75, 3.05) is 23.4 Å². The molecule has 8 heteroatoms. The van der Waals surface area contributed by atoms with E-state index in [1.165, 1.54) is 13.2 Å². The molecule has 0 fully saturated rings. The molecule has 0 aliphatic carbocycles. The number of carbonyl (C=O) groups excluding carboxylic acids is 1. The number of benzene rings is 2. The van der Waals surface area contributed by atoms with E-state index in [-0.39, 0.29) is 5.91 Å². The van der Waals surface area contributed by atoms with Crippen LogP contribution in [0.15, 0.2) is 36.4 Å². The molecule has 0 aliphatic heterocycles. The summed E-state index contributed by atoms with van der Waals surface area (Å²) >= 11 is 6.02. The van der Waals surface area contributed by atoms with Gasteiger partial charge in [-0.2, -0.15) is 0 Å². The zero-order chi connectivity index (χ0) is 17.9. The predicted octanol–water partition coefficient (Wildman–Crippen LogP) is 3.28. The van der Waals surface area contributed by atoms with Crippen molar-refractivity contribution in [2.24, 2.45) is 0 Å². The number of nitrogens with one attached hydrogen (secondary N) is 2. The van der Waals surface area contributed by atoms with E-state index in [0.29, 0.717) is 33.3 Å². The molecule has 2 rings (SSSR count). The van der Waals surface area contributed by atoms with E-state index < -0.39 is 10.0 Å². The van der Waals surface area contributed by atoms with Crippen molar-refractivity contribution in [1.82, 2.24) is 0 Å². The lowest BCUT2D eigenvalue weighted by atomic mass is 10.1. The summed E-state index contributed by atoms with van der Waals surface area (Å²) in [5.74, 6) is 0.123. The molecule has 0 spiro atoms. The number of anilines is 2. The second kappa shape index (κ2) is 7.11. The zero-order valence-corrected chi connectivity index (χ0v) is 15.0. The molecular formula is C16H17ClN2O4S. The first kappa shape index (κ1) is 18.1. The molecule has 0 saturated carbocycles. The van der Waals surface area contributed by atoms with Crippen molar-refractivity contribution in [3.8, 4) is 5.75 Å². The SMILES string of the molecule is COc1ccc(NC(=O)c2ccc(C)c(NS(C)(=O)=O)c2)cc1Cl. The highest BCUT2D eigenvalue weighted by atomic mass is 35.5. The Labute approximate surface area is 145 Å². The van der Waals surface area contributed by atoms with Gasteiger partial charge in [-0.05, 0) is 42.8 Å². The van der Waals surface area contributed by atoms with Gasteiger partial charge in [0.05, 0.1) is 24.1 Å². The van der Waals surface area contributed by atoms with Gasteiger partial charge in [-0.1, -0.05) is 17.7 Å². The molecule has 0 atom stereocenters. The van der Waals surface area contributed by atoms with Crippen LogP contribution in [0.2, 0.25) is 5.02 Å². The molecule has 2 aromatic carbocycles. The zero-order valence-electron chi connectivity index (χ0n) is 13.4. The summed E-state index contributed by atoms with van der Waals surface area (Å²) in [6.45, 7) is 1.75. The number of amides is 1. The summed E-state index contributed by atoms with van der Waals surface area (Å²) in [5, 5.41) is 3.08. The van der Waals surface area contributed by atoms with Gasteiger partial charge in [-0.15, -0.1) is 0 Å². The van der Waals surface area contributed by atoms with E-state index in [0.717, 1.165) is 6.26 Å². The molecule has 0 aromatic heterocycles. The number of sulfonamides is 1. The normalized spacial score (nSPS) is 11.0. The molecule has 2 aromatic rings. The van der Waals surface area contributed by atoms with Crippen LogP contribution in [0.5, 0.6) is 5.75 Å². The molecular weight excluding hydrogens is 352 g/mol. The fourth-order valence-electron chi connectivity index (χ4n) is 2.02. The summed E-state index contributed by atoms with van der Waals surface area (Å²) in [7, 11) is -1.93. The van der Waals surface area contributed by atoms with Crippen molar-refractivity contribution in [3.63, 3.8) is 0 Å². The number of hydrogen-bond acceptors (Lipinski definition) is 4. The summed E-state index contributed by atoms with van der Waals surface area (Å²) in [5.41, 5.74) is 1.89. The second-order valence-electron chi connectivity index (χ2n) is 5.21. The van der Waals surface area contributed by atoms with Gasteiger partial charge in [0.25, 0.3) is 5.91 Å². The van der Waals surface area contributed by atoms with E-state index in [9.17, 15) is 13.2 Å². The quantitative estimate of drug-likeness (QED) is 0.848. The molecule has 0 unspecified atom stereocenters. The third kappa shape index (κ3) is 4.62. The van der Waals surface area contributed by atoms with Crippen molar-refractivity contribution in [3.05, 3.63) is 52.5 Å². The predicted molar refractivity (Wildman–Crippen MR) is 95.6 cm³/mol. The Balaban J connectivity index is 2.24. The van der Waals surface area contributed by atoms with Crippen LogP contribution in [0.1, 0.15) is 15.9 Å². The third-order valence-corrected chi connectivity index (χ3v) is 4.09. The number of hydrogen-bond donors (Lipinski definition) is 2. The van der Waals surface area contributed by atoms with Crippen molar-refractivity contribution < 1.29 is 17.9 Å². The van der Waals surface area contributed by atoms with Crippen LogP contribution >= 0.6 is 11.6 Å². The molecule has 0 heterocycles. The van der Waals surface area contributed by atoms with E-state index in [4.69, 9.17) is 16.3 Å². The van der Waals surface area contributed by atoms with Gasteiger partial charge in [0.2, 0.25) is 10.0 Å². The Morgan fingerprint density at radius 3 is 2.46 bits per heavy atom. The summed E-state index contributed by atoms with van der Waals surface area (Å²) in [6, 6.07) is 9.64. The highest BCUT2D eigenvalue weighted by molar-refractivity contribution is 7.92. The van der Waals surface area contributed by atoms with E-state index in [2.05, 4.69) is 10.0 Å². The largest absolute Gasteiger partial charge is 0.495 e. The summed E-state index contributed by atoms with van der Waals surface area (Å²) in [4.78, 5) is 12.3. The molecule has 6 nitrogen and oxygen atoms in total. The first-order valence-corrected chi connectivity index (χ1v) is 9.20. The van der Waals surface area contributed by atoms with Gasteiger partial charge in [-0.3, -0.25) is 9.52 Å². The van der Waals surface area contributed by atoms with Gasteiger partial charge in [0, 0.05) is 11.3 Å². The molecule has 24 heavy (non-hydrogen) atoms. The smallest absolute Gasteiger partial charge is 0.255 e. The minimum absolute atomic E-state index is 0.318. The van der Waals surface area contributed by atoms with Gasteiger partial charge in [0.1, 0.15) is 5.75 Å². The highest BCUT2D eigenvalue weighted by Crippen LogP contribution is 2.27. The van der Waals surface area contributed by atoms with Gasteiger partial charge in [-0.25, -0.2) is 8.42 Å². The maximum absolute atomic E-state index is 12.3. The fraction of sp³-hybridized carbons (Fsp3) is 0.188. The lowest BCUT2D eigenvalue weighted by Gasteiger charge is -2.11. The molecule has 1 amide bonds. The lowest BCUT2D eigenvalue weighted by molar-refractivity contribution is 0.102. The summed E-state index contributed by atoms with van der Waals surface area (Å²) in [6.07, 6.45) is 1.05. The van der Waals surface area contributed by atoms with Crippen LogP contribution in [0, 0.1) is 6.92 Å². The molecule has 0 saturated heterocycles. The minimum Gasteiger partial charge on any atom is -0.495 e. The van der Waals surface area contributed by atoms with E-state index >= 15 is 0 Å². The summed E-state index contributed by atoms with van der Waals surface area (Å²) < 4.78 is 30.2. The third-order valence-electron chi connectivity index (χ3n) is 3.20. The van der Waals surface area contributed by atoms with Crippen LogP contribution in [-0.2, 0) is 10.0 Å². The Bertz CT molecular complexity index is 882. The van der Waals surface area contributed by atoms with Crippen molar-refractivity contribution in [2.45, 2.75) is 6.92 Å². The number of methoxy groups -OCH3 is 1. The molecule has 0 radical (unpaired) electrons. The average Bonchev–Trinajstić information content (AvgIpc) is 2.48. The number of ether oxygens (including phenoxy) is 1. The molecule has 2 N–H and O–H groups in total. The van der Waals surface area contributed by atoms with Gasteiger partial charge >= 0.3 is 0 Å². The van der Waals surface area contributed by atoms with Crippen LogP contribution < -0.4 is 14.8 Å². The Hall–Kier alpha value is -2.25. The van der Waals surface area contributed by atoms with E-state index in [1.807, 2.05) is 0 Å². The Morgan fingerprint density at radius 2 is 1.88 bits per heavy atom. The first-order valence-electron chi connectivity index (χ1n) is 6.93. The van der Waals surface area contributed by atoms with Crippen LogP contribution in [0.3, 0.4) is 0 Å². The number of carbonyl (C=O) groups is 1. The Kier molecular flexibility index (Phi) is 5.36. The number of rotatable bonds is 5. The second-order valence-corrected chi connectivity index (χ2v) is 7.36. The Morgan fingerprint density at radius 1 is 1.17 bits per heavy atom. The van der Waals surface area contributed by atoms with Crippen molar-refractivity contribution >= 4 is 38.9 Å². The topological polar surface area (TPSA) is 84.5 Å². The standard InChI is InChI=1S/C16H17ClN2O4S/c1-10-4-5-11(8-14(10)19-24(3,21)22)16(20)18-12-6-7-15(23-2)13(17)9-12/h4-9,19H,1-3H3,(H,18,20). The first-order chi connectivity index (χ1) is 11.2. The maximum Gasteiger partial charge on any atom is 0.255 e. The highest BCUT2D eigenvalue weighted by Gasteiger charge is 2.12. The minimum atomic E-state index is -3.43. The van der Waals surface area contributed by atoms with Crippen LogP contribution in [-0.4, -0.2) is 27.7 Å². The van der Waals surface area contributed by atoms with Gasteiger partial charge < -0.3 is 10.1 Å². The monoisotopic (exact) mass is 368 g/mol. The maximum atomic E-state index is 12.3. The van der Waals surface area contributed by atoms with Crippen LogP contribution in [0.25, 0.3) is 0 Å². The average molecular weight is 369 g/mol. The van der Waals surface area contributed by atoms with E-state index in [1.54, 1.807) is 37.3 Å². The van der Waals surface area contributed by atoms with Gasteiger partial charge in [0.15, 0.2) is 0 Å². The lowest BCUT2D eigenvalue weighted by Crippen LogP contribution is -2.14.